The predicted octanol–water partition coefficient (Wildman–Crippen LogP) is 1.08. The van der Waals surface area contributed by atoms with Crippen LogP contribution in [0.4, 0.5) is 4.79 Å². The number of rotatable bonds is 4. The second-order valence-corrected chi connectivity index (χ2v) is 5.24. The van der Waals surface area contributed by atoms with E-state index in [1.807, 2.05) is 13.0 Å². The lowest BCUT2D eigenvalue weighted by molar-refractivity contribution is -0.150. The molecule has 0 radical (unpaired) electrons. The second-order valence-electron chi connectivity index (χ2n) is 5.24. The third kappa shape index (κ3) is 4.70. The lowest BCUT2D eigenvalue weighted by atomic mass is 10.0. The largest absolute Gasteiger partial charge is 0.348 e. The molecule has 1 atom stereocenters. The highest BCUT2D eigenvalue weighted by Crippen LogP contribution is 2.17. The van der Waals surface area contributed by atoms with Gasteiger partial charge in [-0.05, 0) is 44.5 Å². The van der Waals surface area contributed by atoms with Crippen molar-refractivity contribution in [2.75, 3.05) is 13.1 Å². The molecule has 3 N–H and O–H groups in total. The van der Waals surface area contributed by atoms with E-state index in [9.17, 15) is 9.59 Å². The van der Waals surface area contributed by atoms with E-state index < -0.39 is 17.9 Å². The summed E-state index contributed by atoms with van der Waals surface area (Å²) in [6.45, 7) is 3.63. The first-order chi connectivity index (χ1) is 10.7. The van der Waals surface area contributed by atoms with Crippen LogP contribution in [0.5, 0.6) is 0 Å². The monoisotopic (exact) mass is 306 g/mol. The average Bonchev–Trinajstić information content (AvgIpc) is 2.55. The summed E-state index contributed by atoms with van der Waals surface area (Å²) in [5.41, 5.74) is 2.80. The maximum absolute atomic E-state index is 12.1. The van der Waals surface area contributed by atoms with Crippen LogP contribution in [0.3, 0.4) is 0 Å². The zero-order valence-electron chi connectivity index (χ0n) is 12.7. The van der Waals surface area contributed by atoms with Crippen LogP contribution in [-0.4, -0.2) is 36.1 Å². The number of aromatic nitrogens is 1. The Kier molecular flexibility index (Phi) is 6.14. The zero-order valence-corrected chi connectivity index (χ0v) is 12.7. The van der Waals surface area contributed by atoms with Crippen LogP contribution in [0, 0.1) is 0 Å². The molecule has 1 aliphatic rings. The number of hydroxylamine groups is 1. The topological polar surface area (TPSA) is 92.3 Å². The fraction of sp³-hybridized carbons (Fsp3) is 0.533. The fourth-order valence-electron chi connectivity index (χ4n) is 2.43. The predicted molar refractivity (Wildman–Crippen MR) is 80.9 cm³/mol. The summed E-state index contributed by atoms with van der Waals surface area (Å²) in [7, 11) is 0. The van der Waals surface area contributed by atoms with Crippen molar-refractivity contribution in [1.82, 2.24) is 21.1 Å². The van der Waals surface area contributed by atoms with Gasteiger partial charge in [-0.2, -0.15) is 5.48 Å². The van der Waals surface area contributed by atoms with Gasteiger partial charge in [0.1, 0.15) is 5.92 Å². The number of nitrogens with one attached hydrogen (secondary N) is 3. The molecule has 1 aromatic rings. The second kappa shape index (κ2) is 8.33. The number of pyridine rings is 1. The molecule has 7 heteroatoms. The molecule has 22 heavy (non-hydrogen) atoms. The van der Waals surface area contributed by atoms with Gasteiger partial charge in [-0.15, -0.1) is 0 Å². The Morgan fingerprint density at radius 1 is 1.41 bits per heavy atom. The number of hydrogen-bond acceptors (Lipinski definition) is 5. The smallest absolute Gasteiger partial charge is 0.339 e. The Balaban J connectivity index is 1.79. The van der Waals surface area contributed by atoms with E-state index in [1.54, 1.807) is 18.3 Å². The van der Waals surface area contributed by atoms with Crippen molar-refractivity contribution in [2.45, 2.75) is 38.1 Å². The number of hydrogen-bond donors (Lipinski definition) is 3. The molecule has 0 aromatic carbocycles. The highest BCUT2D eigenvalue weighted by atomic mass is 16.7. The van der Waals surface area contributed by atoms with Gasteiger partial charge in [-0.25, -0.2) is 9.59 Å². The Morgan fingerprint density at radius 2 is 2.18 bits per heavy atom. The molecule has 1 saturated heterocycles. The molecule has 1 unspecified atom stereocenters. The maximum atomic E-state index is 12.1. The van der Waals surface area contributed by atoms with E-state index in [2.05, 4.69) is 21.1 Å². The van der Waals surface area contributed by atoms with E-state index in [1.165, 1.54) is 0 Å². The molecule has 1 aliphatic heterocycles. The first kappa shape index (κ1) is 16.2. The van der Waals surface area contributed by atoms with Crippen molar-refractivity contribution in [3.8, 4) is 0 Å². The van der Waals surface area contributed by atoms with Gasteiger partial charge in [-0.3, -0.25) is 4.98 Å². The molecule has 1 fully saturated rings. The van der Waals surface area contributed by atoms with Gasteiger partial charge in [0, 0.05) is 12.2 Å². The number of carbonyl (C=O) groups is 2. The van der Waals surface area contributed by atoms with Crippen molar-refractivity contribution >= 4 is 12.0 Å². The van der Waals surface area contributed by atoms with E-state index >= 15 is 0 Å². The molecule has 1 aromatic heterocycles. The summed E-state index contributed by atoms with van der Waals surface area (Å²) >= 11 is 0. The van der Waals surface area contributed by atoms with Gasteiger partial charge in [0.25, 0.3) is 0 Å². The van der Waals surface area contributed by atoms with Crippen molar-refractivity contribution in [1.29, 1.82) is 0 Å². The van der Waals surface area contributed by atoms with Crippen molar-refractivity contribution < 1.29 is 14.4 Å². The molecule has 0 bridgehead atoms. The van der Waals surface area contributed by atoms with Crippen molar-refractivity contribution in [3.05, 3.63) is 30.1 Å². The van der Waals surface area contributed by atoms with Crippen LogP contribution in [0.25, 0.3) is 0 Å². The Hall–Kier alpha value is -2.15. The average molecular weight is 306 g/mol. The number of nitrogens with zero attached hydrogens (tertiary/aromatic N) is 1. The summed E-state index contributed by atoms with van der Waals surface area (Å²) < 4.78 is 0. The van der Waals surface area contributed by atoms with Gasteiger partial charge in [0.15, 0.2) is 0 Å². The van der Waals surface area contributed by atoms with Crippen LogP contribution >= 0.6 is 0 Å². The number of urea groups is 1. The summed E-state index contributed by atoms with van der Waals surface area (Å²) in [5, 5.41) is 6.00. The van der Waals surface area contributed by atoms with Gasteiger partial charge in [0.05, 0.1) is 5.69 Å². The normalized spacial score (nSPS) is 16.6. The zero-order chi connectivity index (χ0) is 15.8. The van der Waals surface area contributed by atoms with Gasteiger partial charge in [-0.1, -0.05) is 13.0 Å². The molecular formula is C15H22N4O3. The molecule has 0 aliphatic carbocycles. The van der Waals surface area contributed by atoms with Crippen molar-refractivity contribution in [3.63, 3.8) is 0 Å². The lowest BCUT2D eigenvalue weighted by Crippen LogP contribution is -2.47. The van der Waals surface area contributed by atoms with Crippen molar-refractivity contribution in [2.24, 2.45) is 0 Å². The minimum Gasteiger partial charge on any atom is -0.339 e. The molecule has 120 valence electrons. The highest BCUT2D eigenvalue weighted by Gasteiger charge is 2.23. The van der Waals surface area contributed by atoms with E-state index in [0.29, 0.717) is 12.1 Å². The Bertz CT molecular complexity index is 489. The molecule has 2 heterocycles. The SMILES string of the molecule is CCC(C(=O)ONC(=O)NC1CCNCC1)c1ccccn1. The minimum absolute atomic E-state index is 0.109. The third-order valence-corrected chi connectivity index (χ3v) is 3.66. The van der Waals surface area contributed by atoms with Crippen LogP contribution in [-0.2, 0) is 9.63 Å². The summed E-state index contributed by atoms with van der Waals surface area (Å²) in [5.74, 6) is -0.998. The van der Waals surface area contributed by atoms with E-state index in [4.69, 9.17) is 4.84 Å². The van der Waals surface area contributed by atoms with Gasteiger partial charge >= 0.3 is 12.0 Å². The highest BCUT2D eigenvalue weighted by molar-refractivity contribution is 5.80. The van der Waals surface area contributed by atoms with E-state index in [-0.39, 0.29) is 6.04 Å². The summed E-state index contributed by atoms with van der Waals surface area (Å²) in [4.78, 5) is 32.8. The quantitative estimate of drug-likeness (QED) is 0.724. The molecule has 2 amide bonds. The minimum atomic E-state index is -0.512. The third-order valence-electron chi connectivity index (χ3n) is 3.66. The number of piperidine rings is 1. The molecule has 0 spiro atoms. The molecule has 7 nitrogen and oxygen atoms in total. The summed E-state index contributed by atoms with van der Waals surface area (Å²) in [6.07, 6.45) is 3.91. The standard InChI is InChI=1S/C15H22N4O3/c1-2-12(13-5-3-4-8-17-13)14(20)22-19-15(21)18-11-6-9-16-10-7-11/h3-5,8,11-12,16H,2,6-7,9-10H2,1H3,(H2,18,19,21). The van der Waals surface area contributed by atoms with Crippen LogP contribution in [0.15, 0.2) is 24.4 Å². The molecular weight excluding hydrogens is 284 g/mol. The van der Waals surface area contributed by atoms with Gasteiger partial charge in [0.2, 0.25) is 0 Å². The maximum Gasteiger partial charge on any atom is 0.348 e. The first-order valence-electron chi connectivity index (χ1n) is 7.59. The Morgan fingerprint density at radius 3 is 2.82 bits per heavy atom. The van der Waals surface area contributed by atoms with Gasteiger partial charge < -0.3 is 15.5 Å². The van der Waals surface area contributed by atoms with E-state index in [0.717, 1.165) is 25.9 Å². The van der Waals surface area contributed by atoms with Crippen LogP contribution < -0.4 is 16.1 Å². The first-order valence-corrected chi connectivity index (χ1v) is 7.59. The number of amides is 2. The summed E-state index contributed by atoms with van der Waals surface area (Å²) in [6, 6.07) is 4.99. The van der Waals surface area contributed by atoms with Crippen LogP contribution in [0.1, 0.15) is 37.8 Å². The lowest BCUT2D eigenvalue weighted by Gasteiger charge is -2.23. The number of carbonyl (C=O) groups excluding carboxylic acids is 2. The van der Waals surface area contributed by atoms with Crippen LogP contribution in [0.2, 0.25) is 0 Å². The molecule has 2 rings (SSSR count). The Labute approximate surface area is 129 Å². The molecule has 0 saturated carbocycles. The fourth-order valence-corrected chi connectivity index (χ4v) is 2.43.